The molecule has 6 nitrogen and oxygen atoms in total. The summed E-state index contributed by atoms with van der Waals surface area (Å²) in [5.74, 6) is -0.240. The van der Waals surface area contributed by atoms with Gasteiger partial charge in [0.25, 0.3) is 5.91 Å². The second kappa shape index (κ2) is 8.74. The Labute approximate surface area is 140 Å². The van der Waals surface area contributed by atoms with Crippen LogP contribution in [0.2, 0.25) is 5.02 Å². The fourth-order valence-electron chi connectivity index (χ4n) is 1.91. The molecular formula is C16H22ClNO5. The molecule has 0 aliphatic heterocycles. The number of carbonyl (C=O) groups is 2. The number of aliphatic hydroxyl groups excluding tert-OH is 1. The van der Waals surface area contributed by atoms with Crippen LogP contribution in [-0.2, 0) is 14.3 Å². The van der Waals surface area contributed by atoms with Crippen molar-refractivity contribution in [1.82, 2.24) is 4.90 Å². The second-order valence-corrected chi connectivity index (χ2v) is 6.02. The lowest BCUT2D eigenvalue weighted by Gasteiger charge is -2.37. The predicted octanol–water partition coefficient (Wildman–Crippen LogP) is 1.88. The first-order valence-corrected chi connectivity index (χ1v) is 7.54. The highest BCUT2D eigenvalue weighted by atomic mass is 35.5. The third kappa shape index (κ3) is 6.08. The summed E-state index contributed by atoms with van der Waals surface area (Å²) in [6, 6.07) is 6.64. The molecule has 0 aliphatic carbocycles. The smallest absolute Gasteiger partial charge is 0.307 e. The highest BCUT2D eigenvalue weighted by molar-refractivity contribution is 6.30. The second-order valence-electron chi connectivity index (χ2n) is 5.58. The molecule has 1 aromatic carbocycles. The third-order valence-corrected chi connectivity index (χ3v) is 3.61. The number of carbonyl (C=O) groups excluding carboxylic acids is 2. The van der Waals surface area contributed by atoms with Crippen LogP contribution in [-0.4, -0.2) is 54.3 Å². The summed E-state index contributed by atoms with van der Waals surface area (Å²) in [5.41, 5.74) is -0.811. The normalized spacial score (nSPS) is 11.0. The molecule has 0 saturated carbocycles. The van der Waals surface area contributed by atoms with Gasteiger partial charge in [0.1, 0.15) is 5.75 Å². The predicted molar refractivity (Wildman–Crippen MR) is 86.5 cm³/mol. The lowest BCUT2D eigenvalue weighted by Crippen LogP contribution is -2.52. The van der Waals surface area contributed by atoms with Gasteiger partial charge < -0.3 is 19.5 Å². The van der Waals surface area contributed by atoms with E-state index in [0.717, 1.165) is 0 Å². The first-order valence-electron chi connectivity index (χ1n) is 7.16. The first kappa shape index (κ1) is 19.3. The number of esters is 1. The zero-order chi connectivity index (χ0) is 17.5. The van der Waals surface area contributed by atoms with E-state index in [2.05, 4.69) is 4.74 Å². The molecule has 0 spiro atoms. The average Bonchev–Trinajstić information content (AvgIpc) is 2.54. The van der Waals surface area contributed by atoms with Crippen molar-refractivity contribution < 1.29 is 24.2 Å². The molecule has 1 rings (SSSR count). The van der Waals surface area contributed by atoms with Gasteiger partial charge in [0, 0.05) is 11.6 Å². The molecule has 1 N–H and O–H groups in total. The number of hydrogen-bond acceptors (Lipinski definition) is 5. The van der Waals surface area contributed by atoms with Crippen molar-refractivity contribution in [2.24, 2.45) is 0 Å². The minimum atomic E-state index is -0.811. The summed E-state index contributed by atoms with van der Waals surface area (Å²) < 4.78 is 10.0. The van der Waals surface area contributed by atoms with E-state index in [0.29, 0.717) is 10.8 Å². The molecule has 0 saturated heterocycles. The van der Waals surface area contributed by atoms with E-state index in [9.17, 15) is 14.7 Å². The highest BCUT2D eigenvalue weighted by Gasteiger charge is 2.30. The van der Waals surface area contributed by atoms with E-state index in [1.54, 1.807) is 38.1 Å². The number of nitrogens with zero attached hydrogens (tertiary/aromatic N) is 1. The molecule has 23 heavy (non-hydrogen) atoms. The summed E-state index contributed by atoms with van der Waals surface area (Å²) in [6.07, 6.45) is 0.0482. The largest absolute Gasteiger partial charge is 0.484 e. The molecular weight excluding hydrogens is 322 g/mol. The Morgan fingerprint density at radius 3 is 2.39 bits per heavy atom. The molecule has 0 radical (unpaired) electrons. The number of halogens is 1. The Balaban J connectivity index is 2.70. The van der Waals surface area contributed by atoms with Crippen LogP contribution in [0.4, 0.5) is 0 Å². The molecule has 0 atom stereocenters. The van der Waals surface area contributed by atoms with Crippen LogP contribution in [0, 0.1) is 0 Å². The van der Waals surface area contributed by atoms with E-state index >= 15 is 0 Å². The SMILES string of the molecule is COC(=O)CCN(C(=O)COc1ccc(Cl)cc1)C(C)(C)CO. The summed E-state index contributed by atoms with van der Waals surface area (Å²) in [4.78, 5) is 25.1. The van der Waals surface area contributed by atoms with Crippen LogP contribution in [0.25, 0.3) is 0 Å². The molecule has 0 heterocycles. The lowest BCUT2D eigenvalue weighted by molar-refractivity contribution is -0.145. The molecule has 128 valence electrons. The average molecular weight is 344 g/mol. The summed E-state index contributed by atoms with van der Waals surface area (Å²) in [6.45, 7) is 3.13. The van der Waals surface area contributed by atoms with Gasteiger partial charge in [-0.05, 0) is 38.1 Å². The van der Waals surface area contributed by atoms with Gasteiger partial charge in [-0.2, -0.15) is 0 Å². The minimum Gasteiger partial charge on any atom is -0.484 e. The number of hydrogen-bond donors (Lipinski definition) is 1. The van der Waals surface area contributed by atoms with Crippen LogP contribution in [0.1, 0.15) is 20.3 Å². The molecule has 0 unspecified atom stereocenters. The van der Waals surface area contributed by atoms with Gasteiger partial charge in [0.05, 0.1) is 25.7 Å². The van der Waals surface area contributed by atoms with Crippen LogP contribution in [0.3, 0.4) is 0 Å². The summed E-state index contributed by atoms with van der Waals surface area (Å²) in [7, 11) is 1.29. The summed E-state index contributed by atoms with van der Waals surface area (Å²) >= 11 is 5.79. The minimum absolute atomic E-state index is 0.0482. The Hall–Kier alpha value is -1.79. The Kier molecular flexibility index (Phi) is 7.32. The van der Waals surface area contributed by atoms with E-state index < -0.39 is 11.5 Å². The molecule has 7 heteroatoms. The molecule has 1 aromatic rings. The maximum absolute atomic E-state index is 12.4. The number of ether oxygens (including phenoxy) is 2. The number of aliphatic hydroxyl groups is 1. The summed E-state index contributed by atoms with van der Waals surface area (Å²) in [5, 5.41) is 10.1. The maximum atomic E-state index is 12.4. The molecule has 1 amide bonds. The van der Waals surface area contributed by atoms with E-state index in [4.69, 9.17) is 16.3 Å². The van der Waals surface area contributed by atoms with Crippen molar-refractivity contribution in [2.45, 2.75) is 25.8 Å². The molecule has 0 fully saturated rings. The quantitative estimate of drug-likeness (QED) is 0.729. The van der Waals surface area contributed by atoms with E-state index in [1.807, 2.05) is 0 Å². The van der Waals surface area contributed by atoms with Crippen molar-refractivity contribution in [3.63, 3.8) is 0 Å². The van der Waals surface area contributed by atoms with Gasteiger partial charge in [-0.25, -0.2) is 0 Å². The number of benzene rings is 1. The first-order chi connectivity index (χ1) is 10.8. The molecule has 0 aromatic heterocycles. The zero-order valence-electron chi connectivity index (χ0n) is 13.5. The Bertz CT molecular complexity index is 530. The lowest BCUT2D eigenvalue weighted by atomic mass is 10.0. The topological polar surface area (TPSA) is 76.1 Å². The number of methoxy groups -OCH3 is 1. The van der Waals surface area contributed by atoms with Crippen molar-refractivity contribution in [3.8, 4) is 5.75 Å². The van der Waals surface area contributed by atoms with Gasteiger partial charge in [0.2, 0.25) is 0 Å². The van der Waals surface area contributed by atoms with Gasteiger partial charge in [-0.1, -0.05) is 11.6 Å². The van der Waals surface area contributed by atoms with E-state index in [-0.39, 0.29) is 32.1 Å². The highest BCUT2D eigenvalue weighted by Crippen LogP contribution is 2.18. The Morgan fingerprint density at radius 1 is 1.26 bits per heavy atom. The van der Waals surface area contributed by atoms with Crippen molar-refractivity contribution in [3.05, 3.63) is 29.3 Å². The number of amides is 1. The standard InChI is InChI=1S/C16H22ClNO5/c1-16(2,11-19)18(9-8-15(21)22-3)14(20)10-23-13-6-4-12(17)5-7-13/h4-7,19H,8-11H2,1-3H3. The maximum Gasteiger partial charge on any atom is 0.307 e. The van der Waals surface area contributed by atoms with Crippen LogP contribution in [0.5, 0.6) is 5.75 Å². The molecule has 0 bridgehead atoms. The van der Waals surface area contributed by atoms with Gasteiger partial charge in [0.15, 0.2) is 6.61 Å². The van der Waals surface area contributed by atoms with Gasteiger partial charge in [-0.3, -0.25) is 9.59 Å². The van der Waals surface area contributed by atoms with Crippen molar-refractivity contribution in [1.29, 1.82) is 0 Å². The van der Waals surface area contributed by atoms with Crippen LogP contribution >= 0.6 is 11.6 Å². The number of rotatable bonds is 8. The Morgan fingerprint density at radius 2 is 1.87 bits per heavy atom. The van der Waals surface area contributed by atoms with Gasteiger partial charge >= 0.3 is 5.97 Å². The van der Waals surface area contributed by atoms with Crippen LogP contribution in [0.15, 0.2) is 24.3 Å². The molecule has 0 aliphatic rings. The van der Waals surface area contributed by atoms with Crippen LogP contribution < -0.4 is 4.74 Å². The van der Waals surface area contributed by atoms with Gasteiger partial charge in [-0.15, -0.1) is 0 Å². The van der Waals surface area contributed by atoms with E-state index in [1.165, 1.54) is 12.0 Å². The zero-order valence-corrected chi connectivity index (χ0v) is 14.3. The monoisotopic (exact) mass is 343 g/mol. The van der Waals surface area contributed by atoms with Crippen molar-refractivity contribution >= 4 is 23.5 Å². The van der Waals surface area contributed by atoms with Crippen molar-refractivity contribution in [2.75, 3.05) is 26.9 Å². The fraction of sp³-hybridized carbons (Fsp3) is 0.500. The third-order valence-electron chi connectivity index (χ3n) is 3.36. The fourth-order valence-corrected chi connectivity index (χ4v) is 2.04.